The number of aromatic nitrogens is 2. The van der Waals surface area contributed by atoms with Crippen LogP contribution in [0.25, 0.3) is 0 Å². The molecule has 1 aliphatic heterocycles. The zero-order chi connectivity index (χ0) is 14.7. The van der Waals surface area contributed by atoms with Gasteiger partial charge in [0.15, 0.2) is 0 Å². The van der Waals surface area contributed by atoms with E-state index in [4.69, 9.17) is 5.73 Å². The van der Waals surface area contributed by atoms with Crippen molar-refractivity contribution in [3.63, 3.8) is 0 Å². The molecule has 2 heterocycles. The molecule has 0 aliphatic carbocycles. The van der Waals surface area contributed by atoms with Crippen LogP contribution in [-0.2, 0) is 11.3 Å². The molecule has 110 valence electrons. The fraction of sp³-hybridized carbons (Fsp3) is 0.615. The number of hydrogen-bond acceptors (Lipinski definition) is 4. The fourth-order valence-electron chi connectivity index (χ4n) is 2.33. The van der Waals surface area contributed by atoms with Gasteiger partial charge in [0.05, 0.1) is 11.8 Å². The van der Waals surface area contributed by atoms with E-state index in [-0.39, 0.29) is 11.8 Å². The van der Waals surface area contributed by atoms with Gasteiger partial charge >= 0.3 is 0 Å². The molecule has 1 aromatic rings. The van der Waals surface area contributed by atoms with Crippen LogP contribution in [0.4, 0.5) is 0 Å². The Balaban J connectivity index is 2.03. The Hall–Kier alpha value is -1.89. The van der Waals surface area contributed by atoms with Gasteiger partial charge in [0.2, 0.25) is 5.91 Å². The van der Waals surface area contributed by atoms with Crippen LogP contribution in [-0.4, -0.2) is 52.7 Å². The number of likely N-dealkylation sites (tertiary alicyclic amines) is 1. The lowest BCUT2D eigenvalue weighted by Gasteiger charge is -2.12. The maximum atomic E-state index is 12.2. The van der Waals surface area contributed by atoms with E-state index in [0.717, 1.165) is 12.1 Å². The fourth-order valence-corrected chi connectivity index (χ4v) is 2.33. The van der Waals surface area contributed by atoms with Crippen LogP contribution in [0.15, 0.2) is 6.20 Å². The summed E-state index contributed by atoms with van der Waals surface area (Å²) in [6.45, 7) is 3.81. The Labute approximate surface area is 118 Å². The summed E-state index contributed by atoms with van der Waals surface area (Å²) >= 11 is 0. The first-order valence-electron chi connectivity index (χ1n) is 6.83. The monoisotopic (exact) mass is 279 g/mol. The topological polar surface area (TPSA) is 93.2 Å². The Morgan fingerprint density at radius 2 is 2.35 bits per heavy atom. The maximum absolute atomic E-state index is 12.2. The molecule has 0 radical (unpaired) electrons. The van der Waals surface area contributed by atoms with E-state index in [1.54, 1.807) is 22.8 Å². The van der Waals surface area contributed by atoms with Crippen molar-refractivity contribution in [2.75, 3.05) is 20.1 Å². The first-order chi connectivity index (χ1) is 9.54. The second-order valence-electron chi connectivity index (χ2n) is 5.08. The Kier molecular flexibility index (Phi) is 4.39. The summed E-state index contributed by atoms with van der Waals surface area (Å²) in [7, 11) is 1.74. The highest BCUT2D eigenvalue weighted by molar-refractivity contribution is 5.98. The van der Waals surface area contributed by atoms with E-state index in [0.29, 0.717) is 31.6 Å². The molecule has 1 unspecified atom stereocenters. The smallest absolute Gasteiger partial charge is 0.255 e. The van der Waals surface area contributed by atoms with Crippen molar-refractivity contribution in [2.24, 2.45) is 5.73 Å². The number of nitrogens with one attached hydrogen (secondary N) is 1. The number of nitrogens with zero attached hydrogens (tertiary/aromatic N) is 3. The van der Waals surface area contributed by atoms with Crippen LogP contribution >= 0.6 is 0 Å². The molecular formula is C13H21N5O2. The Morgan fingerprint density at radius 3 is 2.95 bits per heavy atom. The maximum Gasteiger partial charge on any atom is 0.255 e. The minimum atomic E-state index is -0.417. The number of nitrogens with two attached hydrogens (primary N) is 1. The first-order valence-corrected chi connectivity index (χ1v) is 6.83. The molecule has 7 heteroatoms. The molecule has 1 fully saturated rings. The predicted molar refractivity (Wildman–Crippen MR) is 74.1 cm³/mol. The predicted octanol–water partition coefficient (Wildman–Crippen LogP) is -0.499. The SMILES string of the molecule is Cc1c(C(=O)NC2CCN(C)C2=O)cnn1CCCN. The molecule has 0 spiro atoms. The molecule has 2 rings (SSSR count). The van der Waals surface area contributed by atoms with Gasteiger partial charge in [0.25, 0.3) is 5.91 Å². The second kappa shape index (κ2) is 6.04. The number of carbonyl (C=O) groups is 2. The van der Waals surface area contributed by atoms with E-state index >= 15 is 0 Å². The van der Waals surface area contributed by atoms with Gasteiger partial charge in [0.1, 0.15) is 6.04 Å². The largest absolute Gasteiger partial charge is 0.344 e. The van der Waals surface area contributed by atoms with E-state index in [1.165, 1.54) is 0 Å². The molecular weight excluding hydrogens is 258 g/mol. The average molecular weight is 279 g/mol. The zero-order valence-corrected chi connectivity index (χ0v) is 11.9. The molecule has 1 aliphatic rings. The summed E-state index contributed by atoms with van der Waals surface area (Å²) in [6.07, 6.45) is 3.02. The van der Waals surface area contributed by atoms with Gasteiger partial charge in [-0.15, -0.1) is 0 Å². The van der Waals surface area contributed by atoms with Crippen molar-refractivity contribution >= 4 is 11.8 Å². The number of likely N-dealkylation sites (N-methyl/N-ethyl adjacent to an activating group) is 1. The summed E-state index contributed by atoms with van der Waals surface area (Å²) in [5.74, 6) is -0.276. The molecule has 7 nitrogen and oxygen atoms in total. The average Bonchev–Trinajstić information content (AvgIpc) is 2.94. The van der Waals surface area contributed by atoms with Crippen LogP contribution in [0.2, 0.25) is 0 Å². The lowest BCUT2D eigenvalue weighted by atomic mass is 10.2. The van der Waals surface area contributed by atoms with Gasteiger partial charge in [-0.05, 0) is 26.3 Å². The molecule has 1 saturated heterocycles. The zero-order valence-electron chi connectivity index (χ0n) is 11.9. The van der Waals surface area contributed by atoms with Crippen LogP contribution in [0.5, 0.6) is 0 Å². The van der Waals surface area contributed by atoms with Crippen LogP contribution in [0.1, 0.15) is 28.9 Å². The molecule has 20 heavy (non-hydrogen) atoms. The van der Waals surface area contributed by atoms with Gasteiger partial charge in [-0.25, -0.2) is 0 Å². The number of carbonyl (C=O) groups excluding carboxylic acids is 2. The van der Waals surface area contributed by atoms with Gasteiger partial charge < -0.3 is 16.0 Å². The third-order valence-electron chi connectivity index (χ3n) is 3.65. The number of aryl methyl sites for hydroxylation is 1. The Morgan fingerprint density at radius 1 is 1.60 bits per heavy atom. The molecule has 0 saturated carbocycles. The summed E-state index contributed by atoms with van der Waals surface area (Å²) in [6, 6.07) is -0.417. The molecule has 0 aromatic carbocycles. The van der Waals surface area contributed by atoms with Gasteiger partial charge in [-0.3, -0.25) is 14.3 Å². The highest BCUT2D eigenvalue weighted by atomic mass is 16.2. The number of rotatable bonds is 5. The lowest BCUT2D eigenvalue weighted by Crippen LogP contribution is -2.40. The Bertz CT molecular complexity index is 511. The quantitative estimate of drug-likeness (QED) is 0.760. The first kappa shape index (κ1) is 14.5. The van der Waals surface area contributed by atoms with Crippen molar-refractivity contribution < 1.29 is 9.59 Å². The van der Waals surface area contributed by atoms with E-state index in [1.807, 2.05) is 6.92 Å². The third-order valence-corrected chi connectivity index (χ3v) is 3.65. The van der Waals surface area contributed by atoms with Crippen LogP contribution in [0.3, 0.4) is 0 Å². The molecule has 2 amide bonds. The lowest BCUT2D eigenvalue weighted by molar-refractivity contribution is -0.128. The van der Waals surface area contributed by atoms with Crippen molar-refractivity contribution in [1.29, 1.82) is 0 Å². The van der Waals surface area contributed by atoms with Gasteiger partial charge in [0, 0.05) is 25.8 Å². The summed E-state index contributed by atoms with van der Waals surface area (Å²) in [5, 5.41) is 6.97. The minimum Gasteiger partial charge on any atom is -0.344 e. The van der Waals surface area contributed by atoms with E-state index in [2.05, 4.69) is 10.4 Å². The molecule has 1 atom stereocenters. The van der Waals surface area contributed by atoms with E-state index < -0.39 is 6.04 Å². The number of amides is 2. The summed E-state index contributed by atoms with van der Waals surface area (Å²) in [4.78, 5) is 25.6. The van der Waals surface area contributed by atoms with Crippen molar-refractivity contribution in [3.8, 4) is 0 Å². The standard InChI is InChI=1S/C13H21N5O2/c1-9-10(8-15-18(9)6-3-5-14)12(19)16-11-4-7-17(2)13(11)20/h8,11H,3-7,14H2,1-2H3,(H,16,19). The van der Waals surface area contributed by atoms with Crippen molar-refractivity contribution in [2.45, 2.75) is 32.4 Å². The molecule has 0 bridgehead atoms. The van der Waals surface area contributed by atoms with Crippen LogP contribution < -0.4 is 11.1 Å². The van der Waals surface area contributed by atoms with Crippen molar-refractivity contribution in [3.05, 3.63) is 17.5 Å². The van der Waals surface area contributed by atoms with Crippen LogP contribution in [0, 0.1) is 6.92 Å². The normalized spacial score (nSPS) is 18.6. The summed E-state index contributed by atoms with van der Waals surface area (Å²) < 4.78 is 1.77. The van der Waals surface area contributed by atoms with Crippen molar-refractivity contribution in [1.82, 2.24) is 20.0 Å². The molecule has 1 aromatic heterocycles. The highest BCUT2D eigenvalue weighted by Gasteiger charge is 2.31. The molecule has 3 N–H and O–H groups in total. The third kappa shape index (κ3) is 2.82. The second-order valence-corrected chi connectivity index (χ2v) is 5.08. The van der Waals surface area contributed by atoms with Gasteiger partial charge in [-0.1, -0.05) is 0 Å². The highest BCUT2D eigenvalue weighted by Crippen LogP contribution is 2.12. The number of hydrogen-bond donors (Lipinski definition) is 2. The summed E-state index contributed by atoms with van der Waals surface area (Å²) in [5.41, 5.74) is 6.79. The van der Waals surface area contributed by atoms with Gasteiger partial charge in [-0.2, -0.15) is 5.10 Å². The minimum absolute atomic E-state index is 0.0356. The van der Waals surface area contributed by atoms with E-state index in [9.17, 15) is 9.59 Å².